The van der Waals surface area contributed by atoms with E-state index in [9.17, 15) is 4.79 Å². The minimum Gasteiger partial charge on any atom is -0.355 e. The minimum absolute atomic E-state index is 0.0362. The van der Waals surface area contributed by atoms with Crippen molar-refractivity contribution in [1.29, 1.82) is 0 Å². The maximum Gasteiger partial charge on any atom is 0.252 e. The molecule has 1 aliphatic heterocycles. The van der Waals surface area contributed by atoms with Gasteiger partial charge in [0.15, 0.2) is 0 Å². The number of carbonyl (C=O) groups excluding carboxylic acids is 1. The third-order valence-electron chi connectivity index (χ3n) is 4.00. The predicted octanol–water partition coefficient (Wildman–Crippen LogP) is 2.14. The molecule has 0 unspecified atom stereocenters. The molecule has 0 atom stereocenters. The highest BCUT2D eigenvalue weighted by Crippen LogP contribution is 2.14. The Labute approximate surface area is 133 Å². The smallest absolute Gasteiger partial charge is 0.252 e. The van der Waals surface area contributed by atoms with Crippen LogP contribution in [-0.4, -0.2) is 55.1 Å². The van der Waals surface area contributed by atoms with Gasteiger partial charge in [0.25, 0.3) is 5.91 Å². The first-order valence-electron chi connectivity index (χ1n) is 8.46. The van der Waals surface area contributed by atoms with Crippen molar-refractivity contribution < 1.29 is 4.79 Å². The minimum atomic E-state index is -0.0362. The number of nitrogens with one attached hydrogen (secondary N) is 1. The van der Waals surface area contributed by atoms with Crippen LogP contribution in [0.25, 0.3) is 0 Å². The average Bonchev–Trinajstić information content (AvgIpc) is 2.79. The van der Waals surface area contributed by atoms with Gasteiger partial charge >= 0.3 is 0 Å². The second kappa shape index (κ2) is 8.73. The molecular formula is C17H28N4O. The van der Waals surface area contributed by atoms with Crippen LogP contribution >= 0.6 is 0 Å². The van der Waals surface area contributed by atoms with Gasteiger partial charge in [-0.3, -0.25) is 4.79 Å². The molecule has 5 nitrogen and oxygen atoms in total. The third kappa shape index (κ3) is 4.70. The number of pyridine rings is 1. The highest BCUT2D eigenvalue weighted by Gasteiger charge is 2.15. The number of carbonyl (C=O) groups is 1. The fraction of sp³-hybridized carbons (Fsp3) is 0.647. The van der Waals surface area contributed by atoms with E-state index in [1.807, 2.05) is 19.1 Å². The zero-order valence-corrected chi connectivity index (χ0v) is 13.8. The summed E-state index contributed by atoms with van der Waals surface area (Å²) < 4.78 is 0. The number of hydrogen-bond acceptors (Lipinski definition) is 4. The van der Waals surface area contributed by atoms with Gasteiger partial charge in [0.1, 0.15) is 5.82 Å². The molecule has 122 valence electrons. The third-order valence-corrected chi connectivity index (χ3v) is 4.00. The van der Waals surface area contributed by atoms with E-state index in [0.717, 1.165) is 31.9 Å². The van der Waals surface area contributed by atoms with E-state index in [-0.39, 0.29) is 5.91 Å². The van der Waals surface area contributed by atoms with Gasteiger partial charge in [-0.05, 0) is 44.5 Å². The highest BCUT2D eigenvalue weighted by atomic mass is 16.1. The van der Waals surface area contributed by atoms with Crippen LogP contribution in [0.5, 0.6) is 0 Å². The Morgan fingerprint density at radius 1 is 1.18 bits per heavy atom. The molecule has 0 bridgehead atoms. The molecule has 0 spiro atoms. The van der Waals surface area contributed by atoms with Crippen molar-refractivity contribution in [3.63, 3.8) is 0 Å². The summed E-state index contributed by atoms with van der Waals surface area (Å²) in [6.07, 6.45) is 5.01. The predicted molar refractivity (Wildman–Crippen MR) is 90.4 cm³/mol. The van der Waals surface area contributed by atoms with Crippen molar-refractivity contribution in [2.45, 2.75) is 33.1 Å². The summed E-state index contributed by atoms with van der Waals surface area (Å²) in [5.41, 5.74) is 0.639. The van der Waals surface area contributed by atoms with Gasteiger partial charge in [0, 0.05) is 32.4 Å². The first-order valence-corrected chi connectivity index (χ1v) is 8.46. The average molecular weight is 304 g/mol. The van der Waals surface area contributed by atoms with Crippen LogP contribution in [-0.2, 0) is 0 Å². The Bertz CT molecular complexity index is 460. The van der Waals surface area contributed by atoms with Crippen molar-refractivity contribution >= 4 is 11.7 Å². The molecule has 2 heterocycles. The molecule has 1 saturated heterocycles. The van der Waals surface area contributed by atoms with Crippen LogP contribution in [0.15, 0.2) is 18.3 Å². The van der Waals surface area contributed by atoms with Crippen molar-refractivity contribution in [2.75, 3.05) is 44.2 Å². The first kappa shape index (κ1) is 16.7. The van der Waals surface area contributed by atoms with Gasteiger partial charge in [-0.1, -0.05) is 13.8 Å². The number of rotatable bonds is 6. The second-order valence-electron chi connectivity index (χ2n) is 5.84. The summed E-state index contributed by atoms with van der Waals surface area (Å²) in [6, 6.07) is 3.85. The summed E-state index contributed by atoms with van der Waals surface area (Å²) in [5, 5.41) is 2.88. The van der Waals surface area contributed by atoms with E-state index >= 15 is 0 Å². The Balaban J connectivity index is 1.93. The highest BCUT2D eigenvalue weighted by molar-refractivity contribution is 5.94. The molecule has 1 aliphatic rings. The summed E-state index contributed by atoms with van der Waals surface area (Å²) >= 11 is 0. The van der Waals surface area contributed by atoms with E-state index in [4.69, 9.17) is 0 Å². The van der Waals surface area contributed by atoms with Gasteiger partial charge in [0.2, 0.25) is 0 Å². The second-order valence-corrected chi connectivity index (χ2v) is 5.84. The van der Waals surface area contributed by atoms with Crippen LogP contribution < -0.4 is 10.2 Å². The van der Waals surface area contributed by atoms with Crippen LogP contribution in [0, 0.1) is 0 Å². The lowest BCUT2D eigenvalue weighted by Crippen LogP contribution is -2.31. The summed E-state index contributed by atoms with van der Waals surface area (Å²) in [4.78, 5) is 21.2. The van der Waals surface area contributed by atoms with E-state index < -0.39 is 0 Å². The summed E-state index contributed by atoms with van der Waals surface area (Å²) in [6.45, 7) is 10.5. The first-order chi connectivity index (χ1) is 10.7. The number of hydrogen-bond donors (Lipinski definition) is 1. The molecule has 1 fully saturated rings. The van der Waals surface area contributed by atoms with E-state index in [1.165, 1.54) is 25.9 Å². The van der Waals surface area contributed by atoms with E-state index in [0.29, 0.717) is 12.1 Å². The molecule has 1 amide bonds. The van der Waals surface area contributed by atoms with Crippen LogP contribution in [0.3, 0.4) is 0 Å². The zero-order valence-electron chi connectivity index (χ0n) is 13.8. The quantitative estimate of drug-likeness (QED) is 0.875. The van der Waals surface area contributed by atoms with Crippen LogP contribution in [0.1, 0.15) is 43.5 Å². The topological polar surface area (TPSA) is 48.5 Å². The number of aromatic nitrogens is 1. The fourth-order valence-electron chi connectivity index (χ4n) is 2.79. The molecule has 5 heteroatoms. The standard InChI is InChI=1S/C17H28N4O/c1-3-8-18-17(22)15-6-7-16(19-14-15)21-11-5-10-20(9-4-2)12-13-21/h6-7,14H,3-5,8-13H2,1-2H3,(H,18,22). The molecule has 1 aromatic heterocycles. The Morgan fingerprint density at radius 2 is 2.05 bits per heavy atom. The van der Waals surface area contributed by atoms with Gasteiger partial charge < -0.3 is 15.1 Å². The van der Waals surface area contributed by atoms with Crippen molar-refractivity contribution in [3.8, 4) is 0 Å². The van der Waals surface area contributed by atoms with Crippen LogP contribution in [0.4, 0.5) is 5.82 Å². The number of anilines is 1. The lowest BCUT2D eigenvalue weighted by Gasteiger charge is -2.22. The molecule has 0 radical (unpaired) electrons. The molecule has 2 rings (SSSR count). The molecule has 1 aromatic rings. The molecule has 0 aliphatic carbocycles. The van der Waals surface area contributed by atoms with Crippen molar-refractivity contribution in [3.05, 3.63) is 23.9 Å². The van der Waals surface area contributed by atoms with Gasteiger partial charge in [0.05, 0.1) is 5.56 Å². The molecule has 0 aromatic carbocycles. The monoisotopic (exact) mass is 304 g/mol. The van der Waals surface area contributed by atoms with Gasteiger partial charge in [-0.25, -0.2) is 4.98 Å². The Hall–Kier alpha value is -1.62. The number of amides is 1. The van der Waals surface area contributed by atoms with Gasteiger partial charge in [-0.15, -0.1) is 0 Å². The Morgan fingerprint density at radius 3 is 2.73 bits per heavy atom. The lowest BCUT2D eigenvalue weighted by atomic mass is 10.2. The SMILES string of the molecule is CCCNC(=O)c1ccc(N2CCCN(CCC)CC2)nc1. The van der Waals surface area contributed by atoms with Crippen molar-refractivity contribution in [2.24, 2.45) is 0 Å². The number of nitrogens with zero attached hydrogens (tertiary/aromatic N) is 3. The maximum absolute atomic E-state index is 11.9. The zero-order chi connectivity index (χ0) is 15.8. The summed E-state index contributed by atoms with van der Waals surface area (Å²) in [7, 11) is 0. The van der Waals surface area contributed by atoms with Crippen molar-refractivity contribution in [1.82, 2.24) is 15.2 Å². The molecular weight excluding hydrogens is 276 g/mol. The molecule has 22 heavy (non-hydrogen) atoms. The normalized spacial score (nSPS) is 16.4. The largest absolute Gasteiger partial charge is 0.355 e. The lowest BCUT2D eigenvalue weighted by molar-refractivity contribution is 0.0953. The fourth-order valence-corrected chi connectivity index (χ4v) is 2.79. The van der Waals surface area contributed by atoms with Gasteiger partial charge in [-0.2, -0.15) is 0 Å². The Kier molecular flexibility index (Phi) is 6.65. The van der Waals surface area contributed by atoms with E-state index in [2.05, 4.69) is 27.0 Å². The summed E-state index contributed by atoms with van der Waals surface area (Å²) in [5.74, 6) is 0.941. The maximum atomic E-state index is 11.9. The van der Waals surface area contributed by atoms with E-state index in [1.54, 1.807) is 6.20 Å². The van der Waals surface area contributed by atoms with Crippen LogP contribution in [0.2, 0.25) is 0 Å². The molecule has 1 N–H and O–H groups in total. The molecule has 0 saturated carbocycles.